The van der Waals surface area contributed by atoms with Gasteiger partial charge in [0.2, 0.25) is 5.91 Å². The van der Waals surface area contributed by atoms with Gasteiger partial charge in [-0.3, -0.25) is 9.36 Å². The second kappa shape index (κ2) is 8.35. The van der Waals surface area contributed by atoms with Crippen LogP contribution in [0.15, 0.2) is 59.8 Å². The van der Waals surface area contributed by atoms with Gasteiger partial charge in [0.05, 0.1) is 17.4 Å². The molecule has 0 aliphatic rings. The highest BCUT2D eigenvalue weighted by molar-refractivity contribution is 8.00. The molecule has 1 atom stereocenters. The van der Waals surface area contributed by atoms with E-state index in [1.165, 1.54) is 17.8 Å². The number of hydrogen-bond donors (Lipinski definition) is 0. The van der Waals surface area contributed by atoms with Crippen molar-refractivity contribution in [3.8, 4) is 11.4 Å². The maximum absolute atomic E-state index is 14.4. The highest BCUT2D eigenvalue weighted by Crippen LogP contribution is 2.29. The minimum Gasteiger partial charge on any atom is -0.348 e. The molecule has 0 bridgehead atoms. The SMILES string of the molecule is C[C@H](Sc1nnc(-c2ccccc2F)n1Cc1ccccc1)C(=O)N(C)C. The van der Waals surface area contributed by atoms with Crippen LogP contribution in [-0.4, -0.2) is 44.9 Å². The number of carbonyl (C=O) groups excluding carboxylic acids is 1. The van der Waals surface area contributed by atoms with Gasteiger partial charge in [-0.15, -0.1) is 10.2 Å². The summed E-state index contributed by atoms with van der Waals surface area (Å²) in [6.45, 7) is 2.32. The van der Waals surface area contributed by atoms with Gasteiger partial charge in [0, 0.05) is 14.1 Å². The van der Waals surface area contributed by atoms with E-state index in [1.807, 2.05) is 41.8 Å². The molecule has 7 heteroatoms. The van der Waals surface area contributed by atoms with Crippen LogP contribution in [0, 0.1) is 5.82 Å². The molecule has 27 heavy (non-hydrogen) atoms. The fourth-order valence-electron chi connectivity index (χ4n) is 2.70. The van der Waals surface area contributed by atoms with Gasteiger partial charge < -0.3 is 4.90 Å². The van der Waals surface area contributed by atoms with E-state index in [2.05, 4.69) is 10.2 Å². The first-order chi connectivity index (χ1) is 13.0. The monoisotopic (exact) mass is 384 g/mol. The lowest BCUT2D eigenvalue weighted by Gasteiger charge is -2.17. The smallest absolute Gasteiger partial charge is 0.235 e. The minimum atomic E-state index is -0.354. The first-order valence-corrected chi connectivity index (χ1v) is 9.45. The highest BCUT2D eigenvalue weighted by Gasteiger charge is 2.23. The van der Waals surface area contributed by atoms with Gasteiger partial charge in [0.15, 0.2) is 11.0 Å². The molecule has 0 aliphatic carbocycles. The Bertz CT molecular complexity index is 927. The number of aromatic nitrogens is 3. The number of amides is 1. The molecule has 1 amide bonds. The van der Waals surface area contributed by atoms with E-state index < -0.39 is 0 Å². The quantitative estimate of drug-likeness (QED) is 0.608. The summed E-state index contributed by atoms with van der Waals surface area (Å²) in [5.74, 6) is 0.0823. The van der Waals surface area contributed by atoms with Gasteiger partial charge in [0.1, 0.15) is 5.82 Å². The molecule has 0 fully saturated rings. The maximum atomic E-state index is 14.4. The van der Waals surface area contributed by atoms with Crippen LogP contribution in [0.1, 0.15) is 12.5 Å². The van der Waals surface area contributed by atoms with Crippen LogP contribution in [0.5, 0.6) is 0 Å². The Labute approximate surface area is 162 Å². The lowest BCUT2D eigenvalue weighted by atomic mass is 10.2. The lowest BCUT2D eigenvalue weighted by molar-refractivity contribution is -0.127. The van der Waals surface area contributed by atoms with Crippen molar-refractivity contribution in [2.75, 3.05) is 14.1 Å². The Balaban J connectivity index is 2.01. The van der Waals surface area contributed by atoms with Crippen molar-refractivity contribution in [3.05, 3.63) is 66.0 Å². The van der Waals surface area contributed by atoms with E-state index in [1.54, 1.807) is 37.2 Å². The van der Waals surface area contributed by atoms with Gasteiger partial charge in [-0.1, -0.05) is 54.2 Å². The molecule has 0 saturated heterocycles. The normalized spacial score (nSPS) is 12.0. The van der Waals surface area contributed by atoms with Crippen LogP contribution in [0.2, 0.25) is 0 Å². The zero-order chi connectivity index (χ0) is 19.4. The Morgan fingerprint density at radius 1 is 1.11 bits per heavy atom. The van der Waals surface area contributed by atoms with Gasteiger partial charge in [-0.25, -0.2) is 4.39 Å². The third-order valence-corrected chi connectivity index (χ3v) is 5.15. The number of carbonyl (C=O) groups is 1. The largest absolute Gasteiger partial charge is 0.348 e. The number of rotatable bonds is 6. The van der Waals surface area contributed by atoms with Crippen molar-refractivity contribution in [1.82, 2.24) is 19.7 Å². The fourth-order valence-corrected chi connectivity index (χ4v) is 3.69. The summed E-state index contributed by atoms with van der Waals surface area (Å²) in [6.07, 6.45) is 0. The third kappa shape index (κ3) is 4.36. The number of nitrogens with zero attached hydrogens (tertiary/aromatic N) is 4. The Hall–Kier alpha value is -2.67. The summed E-state index contributed by atoms with van der Waals surface area (Å²) < 4.78 is 16.2. The third-order valence-electron chi connectivity index (χ3n) is 4.09. The van der Waals surface area contributed by atoms with Gasteiger partial charge in [-0.05, 0) is 24.6 Å². The number of thioether (sulfide) groups is 1. The molecule has 0 saturated carbocycles. The zero-order valence-corrected chi connectivity index (χ0v) is 16.3. The second-order valence-electron chi connectivity index (χ2n) is 6.35. The van der Waals surface area contributed by atoms with Crippen LogP contribution < -0.4 is 0 Å². The van der Waals surface area contributed by atoms with E-state index in [4.69, 9.17) is 0 Å². The second-order valence-corrected chi connectivity index (χ2v) is 7.66. The molecule has 2 aromatic carbocycles. The van der Waals surface area contributed by atoms with E-state index >= 15 is 0 Å². The van der Waals surface area contributed by atoms with Crippen molar-refractivity contribution in [3.63, 3.8) is 0 Å². The molecular weight excluding hydrogens is 363 g/mol. The number of hydrogen-bond acceptors (Lipinski definition) is 4. The fraction of sp³-hybridized carbons (Fsp3) is 0.250. The summed E-state index contributed by atoms with van der Waals surface area (Å²) in [5, 5.41) is 8.73. The van der Waals surface area contributed by atoms with E-state index in [0.29, 0.717) is 23.1 Å². The number of benzene rings is 2. The van der Waals surface area contributed by atoms with Crippen molar-refractivity contribution in [2.24, 2.45) is 0 Å². The number of halogens is 1. The molecule has 0 radical (unpaired) electrons. The molecule has 1 heterocycles. The summed E-state index contributed by atoms with van der Waals surface area (Å²) >= 11 is 1.32. The molecule has 140 valence electrons. The predicted molar refractivity (Wildman–Crippen MR) is 105 cm³/mol. The summed E-state index contributed by atoms with van der Waals surface area (Å²) in [5.41, 5.74) is 1.43. The summed E-state index contributed by atoms with van der Waals surface area (Å²) in [7, 11) is 3.44. The Morgan fingerprint density at radius 2 is 1.78 bits per heavy atom. The van der Waals surface area contributed by atoms with Crippen molar-refractivity contribution in [1.29, 1.82) is 0 Å². The van der Waals surface area contributed by atoms with Gasteiger partial charge in [-0.2, -0.15) is 0 Å². The molecular formula is C20H21FN4OS. The van der Waals surface area contributed by atoms with Crippen LogP contribution >= 0.6 is 11.8 Å². The predicted octanol–water partition coefficient (Wildman–Crippen LogP) is 3.70. The van der Waals surface area contributed by atoms with E-state index in [9.17, 15) is 9.18 Å². The van der Waals surface area contributed by atoms with Crippen LogP contribution in [0.25, 0.3) is 11.4 Å². The molecule has 1 aromatic heterocycles. The van der Waals surface area contributed by atoms with Crippen molar-refractivity contribution >= 4 is 17.7 Å². The topological polar surface area (TPSA) is 51.0 Å². The first-order valence-electron chi connectivity index (χ1n) is 8.57. The van der Waals surface area contributed by atoms with Gasteiger partial charge >= 0.3 is 0 Å². The molecule has 0 N–H and O–H groups in total. The van der Waals surface area contributed by atoms with Gasteiger partial charge in [0.25, 0.3) is 0 Å². The molecule has 5 nitrogen and oxygen atoms in total. The van der Waals surface area contributed by atoms with Crippen LogP contribution in [-0.2, 0) is 11.3 Å². The van der Waals surface area contributed by atoms with Crippen molar-refractivity contribution < 1.29 is 9.18 Å². The molecule has 3 rings (SSSR count). The van der Waals surface area contributed by atoms with E-state index in [-0.39, 0.29) is 17.0 Å². The summed E-state index contributed by atoms with van der Waals surface area (Å²) in [4.78, 5) is 13.8. The van der Waals surface area contributed by atoms with Crippen molar-refractivity contribution in [2.45, 2.75) is 23.9 Å². The molecule has 3 aromatic rings. The summed E-state index contributed by atoms with van der Waals surface area (Å²) in [6, 6.07) is 16.3. The van der Waals surface area contributed by atoms with E-state index in [0.717, 1.165) is 5.56 Å². The highest BCUT2D eigenvalue weighted by atomic mass is 32.2. The first kappa shape index (κ1) is 19.1. The molecule has 0 unspecified atom stereocenters. The molecule has 0 spiro atoms. The average Bonchev–Trinajstić information content (AvgIpc) is 3.04. The maximum Gasteiger partial charge on any atom is 0.235 e. The standard InChI is InChI=1S/C20H21FN4OS/c1-14(19(26)24(2)3)27-20-23-22-18(16-11-7-8-12-17(16)21)25(20)13-15-9-5-4-6-10-15/h4-12,14H,13H2,1-3H3/t14-/m0/s1. The van der Waals surface area contributed by atoms with Crippen LogP contribution in [0.3, 0.4) is 0 Å². The lowest BCUT2D eigenvalue weighted by Crippen LogP contribution is -2.29. The Kier molecular flexibility index (Phi) is 5.91. The average molecular weight is 384 g/mol. The van der Waals surface area contributed by atoms with Crippen LogP contribution in [0.4, 0.5) is 4.39 Å². The zero-order valence-electron chi connectivity index (χ0n) is 15.5. The Morgan fingerprint density at radius 3 is 2.44 bits per heavy atom. The minimum absolute atomic E-state index is 0.0123. The molecule has 0 aliphatic heterocycles.